The minimum atomic E-state index is -3.90. The Balaban J connectivity index is 2.00. The summed E-state index contributed by atoms with van der Waals surface area (Å²) < 4.78 is 29.4. The van der Waals surface area contributed by atoms with Crippen LogP contribution in [-0.2, 0) is 16.6 Å². The van der Waals surface area contributed by atoms with E-state index in [1.54, 1.807) is 23.6 Å². The molecule has 0 saturated heterocycles. The number of sulfonamides is 1. The van der Waals surface area contributed by atoms with Gasteiger partial charge >= 0.3 is 0 Å². The van der Waals surface area contributed by atoms with Gasteiger partial charge in [0.15, 0.2) is 10.9 Å². The van der Waals surface area contributed by atoms with Crippen LogP contribution < -0.4 is 4.31 Å². The van der Waals surface area contributed by atoms with E-state index in [4.69, 9.17) is 0 Å². The highest BCUT2D eigenvalue weighted by molar-refractivity contribution is 7.93. The molecule has 1 aromatic carbocycles. The first-order chi connectivity index (χ1) is 12.9. The zero-order chi connectivity index (χ0) is 19.6. The van der Waals surface area contributed by atoms with Gasteiger partial charge in [0.05, 0.1) is 4.90 Å². The Bertz CT molecular complexity index is 1040. The number of rotatable bonds is 7. The number of hydrogen-bond acceptors (Lipinski definition) is 5. The molecule has 0 aliphatic carbocycles. The maximum Gasteiger partial charge on any atom is 0.266 e. The van der Waals surface area contributed by atoms with Crippen LogP contribution in [0, 0.1) is 13.8 Å². The fourth-order valence-corrected chi connectivity index (χ4v) is 5.37. The summed E-state index contributed by atoms with van der Waals surface area (Å²) in [5, 5.41) is 1.97. The SMILES string of the molecule is CCn1c(C)cc(C(=O)CN(c2nccs2)S(=O)(=O)c2ccccc2)c1C. The lowest BCUT2D eigenvalue weighted by molar-refractivity contribution is 0.100. The lowest BCUT2D eigenvalue weighted by atomic mass is 10.1. The second-order valence-corrected chi connectivity index (χ2v) is 8.83. The highest BCUT2D eigenvalue weighted by Crippen LogP contribution is 2.26. The highest BCUT2D eigenvalue weighted by atomic mass is 32.2. The van der Waals surface area contributed by atoms with E-state index in [0.29, 0.717) is 5.56 Å². The predicted molar refractivity (Wildman–Crippen MR) is 107 cm³/mol. The Hall–Kier alpha value is -2.45. The number of thiazole rings is 1. The summed E-state index contributed by atoms with van der Waals surface area (Å²) in [6.07, 6.45) is 1.53. The Morgan fingerprint density at radius 3 is 2.48 bits per heavy atom. The van der Waals surface area contributed by atoms with Crippen LogP contribution in [0.15, 0.2) is 52.9 Å². The molecule has 8 heteroatoms. The molecule has 0 bridgehead atoms. The van der Waals surface area contributed by atoms with Gasteiger partial charge in [0.25, 0.3) is 10.0 Å². The summed E-state index contributed by atoms with van der Waals surface area (Å²) in [6, 6.07) is 9.91. The first kappa shape index (κ1) is 19.3. The average Bonchev–Trinajstić information content (AvgIpc) is 3.28. The average molecular weight is 404 g/mol. The number of carbonyl (C=O) groups is 1. The van der Waals surface area contributed by atoms with Crippen molar-refractivity contribution in [1.29, 1.82) is 0 Å². The van der Waals surface area contributed by atoms with Crippen molar-refractivity contribution < 1.29 is 13.2 Å². The minimum Gasteiger partial charge on any atom is -0.349 e. The van der Waals surface area contributed by atoms with E-state index in [-0.39, 0.29) is 22.4 Å². The maximum absolute atomic E-state index is 13.1. The number of ketones is 1. The molecule has 2 aromatic heterocycles. The molecule has 0 aliphatic heterocycles. The second-order valence-electron chi connectivity index (χ2n) is 6.09. The molecule has 6 nitrogen and oxygen atoms in total. The van der Waals surface area contributed by atoms with Gasteiger partial charge in [-0.1, -0.05) is 18.2 Å². The summed E-state index contributed by atoms with van der Waals surface area (Å²) in [4.78, 5) is 17.2. The fourth-order valence-electron chi connectivity index (χ4n) is 3.10. The second kappa shape index (κ2) is 7.66. The highest BCUT2D eigenvalue weighted by Gasteiger charge is 2.30. The lowest BCUT2D eigenvalue weighted by Gasteiger charge is -2.21. The third-order valence-corrected chi connectivity index (χ3v) is 7.10. The van der Waals surface area contributed by atoms with Gasteiger partial charge in [0.1, 0.15) is 6.54 Å². The van der Waals surface area contributed by atoms with Crippen molar-refractivity contribution in [2.75, 3.05) is 10.8 Å². The number of hydrogen-bond donors (Lipinski definition) is 0. The van der Waals surface area contributed by atoms with Crippen LogP contribution >= 0.6 is 11.3 Å². The standard InChI is InChI=1S/C19H21N3O3S2/c1-4-21-14(2)12-17(15(21)3)18(23)13-22(19-20-10-11-26-19)27(24,25)16-8-6-5-7-9-16/h5-12H,4,13H2,1-3H3. The number of carbonyl (C=O) groups excluding carboxylic acids is 1. The first-order valence-corrected chi connectivity index (χ1v) is 10.9. The van der Waals surface area contributed by atoms with Crippen LogP contribution in [0.25, 0.3) is 0 Å². The van der Waals surface area contributed by atoms with Gasteiger partial charge in [0, 0.05) is 35.1 Å². The maximum atomic E-state index is 13.1. The summed E-state index contributed by atoms with van der Waals surface area (Å²) in [5.41, 5.74) is 2.36. The Labute approximate surface area is 163 Å². The van der Waals surface area contributed by atoms with Gasteiger partial charge in [0.2, 0.25) is 0 Å². The largest absolute Gasteiger partial charge is 0.349 e. The number of anilines is 1. The molecule has 0 N–H and O–H groups in total. The molecular formula is C19H21N3O3S2. The number of aromatic nitrogens is 2. The number of benzene rings is 1. The Morgan fingerprint density at radius 1 is 1.22 bits per heavy atom. The van der Waals surface area contributed by atoms with Gasteiger partial charge in [-0.15, -0.1) is 11.3 Å². The van der Waals surface area contributed by atoms with Gasteiger partial charge in [-0.25, -0.2) is 17.7 Å². The molecule has 0 fully saturated rings. The number of aryl methyl sites for hydroxylation is 1. The van der Waals surface area contributed by atoms with Crippen molar-refractivity contribution in [3.05, 3.63) is 64.9 Å². The molecular weight excluding hydrogens is 382 g/mol. The molecule has 0 radical (unpaired) electrons. The van der Waals surface area contributed by atoms with Crippen molar-refractivity contribution in [3.63, 3.8) is 0 Å². The van der Waals surface area contributed by atoms with Gasteiger partial charge in [-0.05, 0) is 39.0 Å². The van der Waals surface area contributed by atoms with Gasteiger partial charge in [-0.3, -0.25) is 4.79 Å². The molecule has 27 heavy (non-hydrogen) atoms. The summed E-state index contributed by atoms with van der Waals surface area (Å²) in [6.45, 7) is 6.29. The first-order valence-electron chi connectivity index (χ1n) is 8.53. The molecule has 142 valence electrons. The fraction of sp³-hybridized carbons (Fsp3) is 0.263. The summed E-state index contributed by atoms with van der Waals surface area (Å²) >= 11 is 1.19. The Kier molecular flexibility index (Phi) is 5.48. The monoisotopic (exact) mass is 403 g/mol. The summed E-state index contributed by atoms with van der Waals surface area (Å²) in [7, 11) is -3.90. The van der Waals surface area contributed by atoms with E-state index >= 15 is 0 Å². The molecule has 0 atom stereocenters. The van der Waals surface area contributed by atoms with E-state index < -0.39 is 10.0 Å². The number of nitrogens with zero attached hydrogens (tertiary/aromatic N) is 3. The number of Topliss-reactive ketones (excluding diaryl/α,β-unsaturated/α-hetero) is 1. The van der Waals surface area contributed by atoms with Crippen LogP contribution in [0.3, 0.4) is 0 Å². The van der Waals surface area contributed by atoms with Crippen LogP contribution in [0.1, 0.15) is 28.7 Å². The normalized spacial score (nSPS) is 11.5. The van der Waals surface area contributed by atoms with E-state index in [9.17, 15) is 13.2 Å². The topological polar surface area (TPSA) is 72.3 Å². The molecule has 0 saturated carbocycles. The summed E-state index contributed by atoms with van der Waals surface area (Å²) in [5.74, 6) is -0.252. The van der Waals surface area contributed by atoms with Crippen LogP contribution in [0.2, 0.25) is 0 Å². The molecule has 0 amide bonds. The van der Waals surface area contributed by atoms with Crippen LogP contribution in [0.4, 0.5) is 5.13 Å². The van der Waals surface area contributed by atoms with Crippen molar-refractivity contribution in [3.8, 4) is 0 Å². The quantitative estimate of drug-likeness (QED) is 0.565. The van der Waals surface area contributed by atoms with Crippen molar-refractivity contribution >= 4 is 32.3 Å². The molecule has 0 aliphatic rings. The molecule has 0 spiro atoms. The molecule has 3 rings (SSSR count). The molecule has 0 unspecified atom stereocenters. The zero-order valence-electron chi connectivity index (χ0n) is 15.4. The van der Waals surface area contributed by atoms with E-state index in [1.807, 2.05) is 31.4 Å². The van der Waals surface area contributed by atoms with Gasteiger partial charge < -0.3 is 4.57 Å². The Morgan fingerprint density at radius 2 is 1.93 bits per heavy atom. The van der Waals surface area contributed by atoms with E-state index in [0.717, 1.165) is 22.2 Å². The van der Waals surface area contributed by atoms with Crippen LogP contribution in [-0.4, -0.2) is 30.3 Å². The third kappa shape index (κ3) is 3.68. The predicted octanol–water partition coefficient (Wildman–Crippen LogP) is 3.66. The lowest BCUT2D eigenvalue weighted by Crippen LogP contribution is -2.36. The van der Waals surface area contributed by atoms with Crippen molar-refractivity contribution in [2.24, 2.45) is 0 Å². The smallest absolute Gasteiger partial charge is 0.266 e. The molecule has 2 heterocycles. The minimum absolute atomic E-state index is 0.132. The zero-order valence-corrected chi connectivity index (χ0v) is 17.0. The van der Waals surface area contributed by atoms with Crippen LogP contribution in [0.5, 0.6) is 0 Å². The van der Waals surface area contributed by atoms with E-state index in [2.05, 4.69) is 4.98 Å². The van der Waals surface area contributed by atoms with Gasteiger partial charge in [-0.2, -0.15) is 0 Å². The molecule has 3 aromatic rings. The van der Waals surface area contributed by atoms with Crippen molar-refractivity contribution in [2.45, 2.75) is 32.2 Å². The van der Waals surface area contributed by atoms with E-state index in [1.165, 1.54) is 29.7 Å². The van der Waals surface area contributed by atoms with Crippen molar-refractivity contribution in [1.82, 2.24) is 9.55 Å². The third-order valence-electron chi connectivity index (χ3n) is 4.44.